The molecule has 0 atom stereocenters. The van der Waals surface area contributed by atoms with Crippen molar-refractivity contribution in [2.75, 3.05) is 13.2 Å². The van der Waals surface area contributed by atoms with Crippen LogP contribution in [0.2, 0.25) is 0 Å². The third-order valence-electron chi connectivity index (χ3n) is 2.95. The molecule has 0 aromatic heterocycles. The number of unbranched alkanes of at least 4 members (excludes halogenated alkanes) is 2. The quantitative estimate of drug-likeness (QED) is 0.404. The van der Waals surface area contributed by atoms with Crippen LogP contribution < -0.4 is 4.74 Å². The van der Waals surface area contributed by atoms with Crippen molar-refractivity contribution < 1.29 is 14.6 Å². The maximum atomic E-state index is 11.5. The van der Waals surface area contributed by atoms with Gasteiger partial charge in [-0.25, -0.2) is 0 Å². The fraction of sp³-hybridized carbons (Fsp3) is 0.353. The molecule has 1 N–H and O–H groups in total. The van der Waals surface area contributed by atoms with Crippen LogP contribution in [0.25, 0.3) is 0 Å². The molecular formula is C17H22O3. The lowest BCUT2D eigenvalue weighted by atomic mass is 10.0. The van der Waals surface area contributed by atoms with Crippen LogP contribution in [0.5, 0.6) is 5.75 Å². The zero-order valence-electron chi connectivity index (χ0n) is 11.8. The number of ketones is 1. The number of aliphatic hydroxyl groups is 1. The van der Waals surface area contributed by atoms with Crippen LogP contribution in [0, 0.1) is 0 Å². The van der Waals surface area contributed by atoms with E-state index in [1.807, 2.05) is 6.08 Å². The minimum atomic E-state index is -0.477. The summed E-state index contributed by atoms with van der Waals surface area (Å²) in [5.41, 5.74) is 1.42. The average Bonchev–Trinajstić information content (AvgIpc) is 2.47. The van der Waals surface area contributed by atoms with E-state index in [9.17, 15) is 4.79 Å². The van der Waals surface area contributed by atoms with E-state index in [0.717, 1.165) is 30.6 Å². The standard InChI is InChI=1S/C17H22O3/c1-3-5-6-7-11-20-17-10-9-14(16(19)13-18)12-15(17)8-4-2/h3-4,9-10,12,18H,1-2,5-8,11,13H2. The Bertz CT molecular complexity index is 463. The second-order valence-corrected chi connectivity index (χ2v) is 4.53. The van der Waals surface area contributed by atoms with Gasteiger partial charge in [0.25, 0.3) is 0 Å². The van der Waals surface area contributed by atoms with E-state index < -0.39 is 6.61 Å². The first-order chi connectivity index (χ1) is 9.72. The summed E-state index contributed by atoms with van der Waals surface area (Å²) in [6, 6.07) is 5.23. The van der Waals surface area contributed by atoms with E-state index in [-0.39, 0.29) is 5.78 Å². The Morgan fingerprint density at radius 3 is 2.70 bits per heavy atom. The molecule has 0 bridgehead atoms. The molecular weight excluding hydrogens is 252 g/mol. The lowest BCUT2D eigenvalue weighted by molar-refractivity contribution is 0.0903. The van der Waals surface area contributed by atoms with Gasteiger partial charge in [-0.3, -0.25) is 4.79 Å². The summed E-state index contributed by atoms with van der Waals surface area (Å²) in [5.74, 6) is 0.492. The molecule has 0 saturated heterocycles. The van der Waals surface area contributed by atoms with E-state index in [0.29, 0.717) is 18.6 Å². The fourth-order valence-corrected chi connectivity index (χ4v) is 1.87. The number of hydrogen-bond donors (Lipinski definition) is 1. The number of Topliss-reactive ketones (excluding diaryl/α,β-unsaturated/α-hetero) is 1. The van der Waals surface area contributed by atoms with E-state index >= 15 is 0 Å². The van der Waals surface area contributed by atoms with Crippen molar-refractivity contribution >= 4 is 5.78 Å². The van der Waals surface area contributed by atoms with Crippen LogP contribution in [0.4, 0.5) is 0 Å². The van der Waals surface area contributed by atoms with Crippen LogP contribution in [0.3, 0.4) is 0 Å². The van der Waals surface area contributed by atoms with Gasteiger partial charge in [-0.15, -0.1) is 13.2 Å². The number of rotatable bonds is 10. The summed E-state index contributed by atoms with van der Waals surface area (Å²) in [5, 5.41) is 8.89. The van der Waals surface area contributed by atoms with Gasteiger partial charge >= 0.3 is 0 Å². The molecule has 0 aliphatic carbocycles. The summed E-state index contributed by atoms with van der Waals surface area (Å²) in [6.07, 6.45) is 7.32. The number of ether oxygens (including phenoxy) is 1. The molecule has 1 aromatic carbocycles. The Morgan fingerprint density at radius 1 is 1.25 bits per heavy atom. The van der Waals surface area contributed by atoms with Gasteiger partial charge in [-0.2, -0.15) is 0 Å². The van der Waals surface area contributed by atoms with Gasteiger partial charge in [0, 0.05) is 5.56 Å². The molecule has 0 amide bonds. The highest BCUT2D eigenvalue weighted by molar-refractivity contribution is 5.97. The Labute approximate surface area is 120 Å². The second kappa shape index (κ2) is 9.10. The van der Waals surface area contributed by atoms with Crippen molar-refractivity contribution in [1.29, 1.82) is 0 Å². The molecule has 0 fully saturated rings. The summed E-state index contributed by atoms with van der Waals surface area (Å²) >= 11 is 0. The molecule has 3 nitrogen and oxygen atoms in total. The van der Waals surface area contributed by atoms with Crippen molar-refractivity contribution in [2.45, 2.75) is 25.7 Å². The average molecular weight is 274 g/mol. The van der Waals surface area contributed by atoms with Crippen LogP contribution >= 0.6 is 0 Å². The minimum absolute atomic E-state index is 0.284. The SMILES string of the molecule is C=CCCCCOc1ccc(C(=O)CO)cc1CC=C. The largest absolute Gasteiger partial charge is 0.493 e. The first-order valence-electron chi connectivity index (χ1n) is 6.84. The Balaban J connectivity index is 2.71. The Kier molecular flexibility index (Phi) is 7.36. The maximum Gasteiger partial charge on any atom is 0.188 e. The Hall–Kier alpha value is -1.87. The van der Waals surface area contributed by atoms with Gasteiger partial charge in [0.2, 0.25) is 0 Å². The van der Waals surface area contributed by atoms with Gasteiger partial charge in [0.1, 0.15) is 12.4 Å². The number of allylic oxidation sites excluding steroid dienone is 2. The van der Waals surface area contributed by atoms with E-state index in [1.165, 1.54) is 0 Å². The molecule has 0 aliphatic heterocycles. The van der Waals surface area contributed by atoms with Crippen LogP contribution in [0.15, 0.2) is 43.5 Å². The van der Waals surface area contributed by atoms with Gasteiger partial charge in [-0.1, -0.05) is 12.2 Å². The predicted octanol–water partition coefficient (Wildman–Crippen LogP) is 3.33. The number of hydrogen-bond acceptors (Lipinski definition) is 3. The second-order valence-electron chi connectivity index (χ2n) is 4.53. The van der Waals surface area contributed by atoms with Crippen molar-refractivity contribution in [3.63, 3.8) is 0 Å². The fourth-order valence-electron chi connectivity index (χ4n) is 1.87. The maximum absolute atomic E-state index is 11.5. The number of carbonyl (C=O) groups is 1. The first kappa shape index (κ1) is 16.2. The topological polar surface area (TPSA) is 46.5 Å². The lowest BCUT2D eigenvalue weighted by Crippen LogP contribution is -2.06. The smallest absolute Gasteiger partial charge is 0.188 e. The van der Waals surface area contributed by atoms with Crippen molar-refractivity contribution in [3.05, 3.63) is 54.6 Å². The summed E-state index contributed by atoms with van der Waals surface area (Å²) in [4.78, 5) is 11.5. The number of aliphatic hydroxyl groups excluding tert-OH is 1. The molecule has 0 heterocycles. The van der Waals surface area contributed by atoms with Crippen LogP contribution in [-0.4, -0.2) is 24.1 Å². The van der Waals surface area contributed by atoms with Gasteiger partial charge in [-0.05, 0) is 49.4 Å². The van der Waals surface area contributed by atoms with Gasteiger partial charge in [0.05, 0.1) is 6.61 Å². The number of carbonyl (C=O) groups excluding carboxylic acids is 1. The third-order valence-corrected chi connectivity index (χ3v) is 2.95. The molecule has 3 heteroatoms. The molecule has 1 aromatic rings. The predicted molar refractivity (Wildman–Crippen MR) is 81.3 cm³/mol. The molecule has 0 saturated carbocycles. The number of benzene rings is 1. The molecule has 108 valence electrons. The van der Waals surface area contributed by atoms with Crippen LogP contribution in [0.1, 0.15) is 35.2 Å². The normalized spacial score (nSPS) is 10.1. The first-order valence-corrected chi connectivity index (χ1v) is 6.84. The monoisotopic (exact) mass is 274 g/mol. The van der Waals surface area contributed by atoms with Gasteiger partial charge < -0.3 is 9.84 Å². The third kappa shape index (κ3) is 5.02. The van der Waals surface area contributed by atoms with E-state index in [2.05, 4.69) is 13.2 Å². The highest BCUT2D eigenvalue weighted by Gasteiger charge is 2.09. The van der Waals surface area contributed by atoms with Crippen molar-refractivity contribution in [1.82, 2.24) is 0 Å². The highest BCUT2D eigenvalue weighted by atomic mass is 16.5. The zero-order valence-corrected chi connectivity index (χ0v) is 11.8. The molecule has 20 heavy (non-hydrogen) atoms. The van der Waals surface area contributed by atoms with E-state index in [4.69, 9.17) is 9.84 Å². The van der Waals surface area contributed by atoms with Crippen molar-refractivity contribution in [2.24, 2.45) is 0 Å². The zero-order chi connectivity index (χ0) is 14.8. The highest BCUT2D eigenvalue weighted by Crippen LogP contribution is 2.22. The van der Waals surface area contributed by atoms with Crippen molar-refractivity contribution in [3.8, 4) is 5.75 Å². The van der Waals surface area contributed by atoms with Gasteiger partial charge in [0.15, 0.2) is 5.78 Å². The molecule has 0 aliphatic rings. The van der Waals surface area contributed by atoms with E-state index in [1.54, 1.807) is 24.3 Å². The summed E-state index contributed by atoms with van der Waals surface area (Å²) in [6.45, 7) is 7.56. The molecule has 0 radical (unpaired) electrons. The molecule has 1 rings (SSSR count). The summed E-state index contributed by atoms with van der Waals surface area (Å²) in [7, 11) is 0. The Morgan fingerprint density at radius 2 is 2.05 bits per heavy atom. The lowest BCUT2D eigenvalue weighted by Gasteiger charge is -2.11. The summed E-state index contributed by atoms with van der Waals surface area (Å²) < 4.78 is 5.75. The van der Waals surface area contributed by atoms with Crippen LogP contribution in [-0.2, 0) is 6.42 Å². The molecule has 0 spiro atoms. The molecule has 0 unspecified atom stereocenters. The minimum Gasteiger partial charge on any atom is -0.493 e.